The highest BCUT2D eigenvalue weighted by atomic mass is 16.1. The first-order valence-corrected chi connectivity index (χ1v) is 10.5. The topological polar surface area (TPSA) is 58.2 Å². The molecule has 2 aliphatic carbocycles. The van der Waals surface area contributed by atoms with Gasteiger partial charge in [0.15, 0.2) is 11.6 Å². The van der Waals surface area contributed by atoms with Gasteiger partial charge in [0.1, 0.15) is 0 Å². The van der Waals surface area contributed by atoms with E-state index in [2.05, 4.69) is 24.5 Å². The third-order valence-corrected chi connectivity index (χ3v) is 5.54. The van der Waals surface area contributed by atoms with Crippen LogP contribution in [-0.2, 0) is 9.59 Å². The van der Waals surface area contributed by atoms with E-state index in [1.807, 2.05) is 12.4 Å². The Balaban J connectivity index is 1.46. The summed E-state index contributed by atoms with van der Waals surface area (Å²) in [4.78, 5) is 23.8. The Kier molecular flexibility index (Phi) is 8.93. The minimum absolute atomic E-state index is 0.322. The van der Waals surface area contributed by atoms with Crippen LogP contribution in [0.5, 0.6) is 0 Å². The molecule has 2 saturated carbocycles. The van der Waals surface area contributed by atoms with Crippen molar-refractivity contribution in [2.24, 2.45) is 11.8 Å². The van der Waals surface area contributed by atoms with Crippen LogP contribution in [0.4, 0.5) is 0 Å². The first-order valence-electron chi connectivity index (χ1n) is 10.5. The standard InChI is InChI=1S/C22H36N2O2/c1-17-7-9-19(21(25)13-17)15-23-11-5-3-4-6-12-24-16-20-10-8-18(2)14-22(20)26/h15-18,23-24H,3-14H2,1-2H3. The van der Waals surface area contributed by atoms with Crippen molar-refractivity contribution < 1.29 is 9.59 Å². The van der Waals surface area contributed by atoms with Gasteiger partial charge in [0.25, 0.3) is 0 Å². The second-order valence-corrected chi connectivity index (χ2v) is 8.20. The monoisotopic (exact) mass is 360 g/mol. The van der Waals surface area contributed by atoms with Crippen LogP contribution in [0.1, 0.15) is 78.1 Å². The van der Waals surface area contributed by atoms with Crippen LogP contribution in [0.15, 0.2) is 23.5 Å². The molecule has 0 saturated heterocycles. The van der Waals surface area contributed by atoms with Gasteiger partial charge in [-0.25, -0.2) is 0 Å². The molecule has 0 spiro atoms. The van der Waals surface area contributed by atoms with E-state index in [0.717, 1.165) is 62.8 Å². The third-order valence-electron chi connectivity index (χ3n) is 5.54. The van der Waals surface area contributed by atoms with Crippen LogP contribution in [-0.4, -0.2) is 24.7 Å². The molecule has 0 aromatic rings. The lowest BCUT2D eigenvalue weighted by Gasteiger charge is -2.19. The SMILES string of the molecule is CC1CCC(=CNCCCCCCNC=C2CCC(C)CC2=O)C(=O)C1. The van der Waals surface area contributed by atoms with Gasteiger partial charge >= 0.3 is 0 Å². The van der Waals surface area contributed by atoms with Crippen molar-refractivity contribution >= 4 is 11.6 Å². The minimum Gasteiger partial charge on any atom is -0.391 e. The number of allylic oxidation sites excluding steroid dienone is 2. The first kappa shape index (κ1) is 20.7. The molecule has 2 unspecified atom stereocenters. The number of unbranched alkanes of at least 4 members (excludes halogenated alkanes) is 3. The summed E-state index contributed by atoms with van der Waals surface area (Å²) < 4.78 is 0. The van der Waals surface area contributed by atoms with Crippen molar-refractivity contribution in [3.05, 3.63) is 23.5 Å². The van der Waals surface area contributed by atoms with Crippen molar-refractivity contribution in [3.63, 3.8) is 0 Å². The summed E-state index contributed by atoms with van der Waals surface area (Å²) in [7, 11) is 0. The Hall–Kier alpha value is -1.58. The van der Waals surface area contributed by atoms with Crippen LogP contribution in [0.3, 0.4) is 0 Å². The molecule has 4 heteroatoms. The maximum absolute atomic E-state index is 11.9. The Morgan fingerprint density at radius 3 is 1.58 bits per heavy atom. The van der Waals surface area contributed by atoms with Crippen molar-refractivity contribution in [1.82, 2.24) is 10.6 Å². The molecule has 2 N–H and O–H groups in total. The van der Waals surface area contributed by atoms with Gasteiger partial charge in [0, 0.05) is 49.5 Å². The summed E-state index contributed by atoms with van der Waals surface area (Å²) in [6.07, 6.45) is 14.1. The molecule has 0 aromatic heterocycles. The Morgan fingerprint density at radius 1 is 0.769 bits per heavy atom. The lowest BCUT2D eigenvalue weighted by Crippen LogP contribution is -2.19. The Bertz CT molecular complexity index is 488. The molecular weight excluding hydrogens is 324 g/mol. The van der Waals surface area contributed by atoms with E-state index < -0.39 is 0 Å². The Labute approximate surface area is 158 Å². The highest BCUT2D eigenvalue weighted by Crippen LogP contribution is 2.25. The van der Waals surface area contributed by atoms with Crippen molar-refractivity contribution in [2.45, 2.75) is 78.1 Å². The van der Waals surface area contributed by atoms with Crippen molar-refractivity contribution in [2.75, 3.05) is 13.1 Å². The Morgan fingerprint density at radius 2 is 1.19 bits per heavy atom. The molecule has 0 amide bonds. The maximum atomic E-state index is 11.9. The summed E-state index contributed by atoms with van der Waals surface area (Å²) in [5, 5.41) is 6.62. The zero-order valence-corrected chi connectivity index (χ0v) is 16.6. The third kappa shape index (κ3) is 7.35. The van der Waals surface area contributed by atoms with E-state index in [0.29, 0.717) is 36.2 Å². The summed E-state index contributed by atoms with van der Waals surface area (Å²) in [5.74, 6) is 1.73. The molecule has 2 rings (SSSR count). The van der Waals surface area contributed by atoms with Gasteiger partial charge in [0.05, 0.1) is 0 Å². The molecule has 4 nitrogen and oxygen atoms in total. The van der Waals surface area contributed by atoms with E-state index in [9.17, 15) is 9.59 Å². The molecule has 0 heterocycles. The summed E-state index contributed by atoms with van der Waals surface area (Å²) >= 11 is 0. The molecule has 0 bridgehead atoms. The van der Waals surface area contributed by atoms with Gasteiger partial charge in [-0.1, -0.05) is 26.7 Å². The minimum atomic E-state index is 0.322. The number of rotatable bonds is 9. The van der Waals surface area contributed by atoms with Gasteiger partial charge in [0.2, 0.25) is 0 Å². The molecule has 146 valence electrons. The summed E-state index contributed by atoms with van der Waals surface area (Å²) in [5.41, 5.74) is 1.96. The van der Waals surface area contributed by atoms with Crippen LogP contribution in [0.2, 0.25) is 0 Å². The highest BCUT2D eigenvalue weighted by Gasteiger charge is 2.20. The van der Waals surface area contributed by atoms with Crippen molar-refractivity contribution in [1.29, 1.82) is 0 Å². The van der Waals surface area contributed by atoms with E-state index in [1.165, 1.54) is 12.8 Å². The summed E-state index contributed by atoms with van der Waals surface area (Å²) in [6.45, 7) is 6.19. The van der Waals surface area contributed by atoms with E-state index >= 15 is 0 Å². The largest absolute Gasteiger partial charge is 0.391 e. The smallest absolute Gasteiger partial charge is 0.160 e. The van der Waals surface area contributed by atoms with Gasteiger partial charge < -0.3 is 10.6 Å². The number of Topliss-reactive ketones (excluding diaryl/α,β-unsaturated/α-hetero) is 2. The van der Waals surface area contributed by atoms with Gasteiger partial charge in [-0.2, -0.15) is 0 Å². The molecule has 2 fully saturated rings. The lowest BCUT2D eigenvalue weighted by atomic mass is 9.86. The fraction of sp³-hybridized carbons (Fsp3) is 0.727. The zero-order valence-electron chi connectivity index (χ0n) is 16.6. The van der Waals surface area contributed by atoms with Crippen LogP contribution in [0, 0.1) is 11.8 Å². The first-order chi connectivity index (χ1) is 12.6. The number of carbonyl (C=O) groups is 2. The highest BCUT2D eigenvalue weighted by molar-refractivity contribution is 5.96. The lowest BCUT2D eigenvalue weighted by molar-refractivity contribution is -0.118. The number of hydrogen-bond donors (Lipinski definition) is 2. The molecule has 0 aliphatic heterocycles. The van der Waals surface area contributed by atoms with E-state index in [4.69, 9.17) is 0 Å². The predicted octanol–water partition coefficient (Wildman–Crippen LogP) is 4.27. The quantitative estimate of drug-likeness (QED) is 0.476. The van der Waals surface area contributed by atoms with Gasteiger partial charge in [-0.15, -0.1) is 0 Å². The second kappa shape index (κ2) is 11.2. The zero-order chi connectivity index (χ0) is 18.8. The van der Waals surface area contributed by atoms with Crippen LogP contribution < -0.4 is 10.6 Å². The molecule has 26 heavy (non-hydrogen) atoms. The van der Waals surface area contributed by atoms with Gasteiger partial charge in [-0.05, 0) is 50.4 Å². The predicted molar refractivity (Wildman–Crippen MR) is 107 cm³/mol. The van der Waals surface area contributed by atoms with Crippen LogP contribution >= 0.6 is 0 Å². The van der Waals surface area contributed by atoms with E-state index in [-0.39, 0.29) is 0 Å². The second-order valence-electron chi connectivity index (χ2n) is 8.20. The van der Waals surface area contributed by atoms with Gasteiger partial charge in [-0.3, -0.25) is 9.59 Å². The number of nitrogens with one attached hydrogen (secondary N) is 2. The number of carbonyl (C=O) groups excluding carboxylic acids is 2. The molecule has 0 radical (unpaired) electrons. The average molecular weight is 361 g/mol. The van der Waals surface area contributed by atoms with Crippen LogP contribution in [0.25, 0.3) is 0 Å². The van der Waals surface area contributed by atoms with Crippen molar-refractivity contribution in [3.8, 4) is 0 Å². The number of ketones is 2. The normalized spacial score (nSPS) is 27.2. The molecular formula is C22H36N2O2. The fourth-order valence-corrected chi connectivity index (χ4v) is 3.69. The number of hydrogen-bond acceptors (Lipinski definition) is 4. The van der Waals surface area contributed by atoms with E-state index in [1.54, 1.807) is 0 Å². The molecule has 0 aromatic carbocycles. The molecule has 2 aliphatic rings. The average Bonchev–Trinajstić information content (AvgIpc) is 2.59. The molecule has 2 atom stereocenters. The fourth-order valence-electron chi connectivity index (χ4n) is 3.69. The summed E-state index contributed by atoms with van der Waals surface area (Å²) in [6, 6.07) is 0. The maximum Gasteiger partial charge on any atom is 0.160 e.